The van der Waals surface area contributed by atoms with Gasteiger partial charge in [-0.2, -0.15) is 0 Å². The number of carbonyl (C=O) groups excluding carboxylic acids is 2. The van der Waals surface area contributed by atoms with E-state index in [2.05, 4.69) is 4.72 Å². The summed E-state index contributed by atoms with van der Waals surface area (Å²) in [5.41, 5.74) is 6.09. The molecule has 1 atom stereocenters. The van der Waals surface area contributed by atoms with E-state index < -0.39 is 33.7 Å². The van der Waals surface area contributed by atoms with Gasteiger partial charge in [0.15, 0.2) is 0 Å². The predicted molar refractivity (Wildman–Crippen MR) is 141 cm³/mol. The molecule has 3 N–H and O–H groups in total. The van der Waals surface area contributed by atoms with Gasteiger partial charge in [-0.25, -0.2) is 17.5 Å². The fourth-order valence-electron chi connectivity index (χ4n) is 3.75. The van der Waals surface area contributed by atoms with Crippen LogP contribution in [0.1, 0.15) is 31.6 Å². The van der Waals surface area contributed by atoms with Gasteiger partial charge in [0.2, 0.25) is 21.8 Å². The highest BCUT2D eigenvalue weighted by molar-refractivity contribution is 7.89. The Labute approximate surface area is 219 Å². The third-order valence-electron chi connectivity index (χ3n) is 5.45. The van der Waals surface area contributed by atoms with Crippen LogP contribution in [0.3, 0.4) is 0 Å². The lowest BCUT2D eigenvalue weighted by Gasteiger charge is -2.25. The number of benzene rings is 2. The molecule has 0 unspecified atom stereocenters. The summed E-state index contributed by atoms with van der Waals surface area (Å²) in [5.74, 6) is -1.37. The van der Waals surface area contributed by atoms with Gasteiger partial charge in [-0.3, -0.25) is 14.5 Å². The lowest BCUT2D eigenvalue weighted by atomic mass is 10.0. The van der Waals surface area contributed by atoms with Crippen molar-refractivity contribution in [1.82, 2.24) is 9.62 Å². The highest BCUT2D eigenvalue weighted by Crippen LogP contribution is 2.26. The highest BCUT2D eigenvalue weighted by atomic mass is 35.5. The molecule has 0 fully saturated rings. The number of rotatable bonds is 11. The molecule has 3 aromatic rings. The summed E-state index contributed by atoms with van der Waals surface area (Å²) in [6.07, 6.45) is 0.619. The van der Waals surface area contributed by atoms with E-state index >= 15 is 0 Å². The zero-order chi connectivity index (χ0) is 26.5. The summed E-state index contributed by atoms with van der Waals surface area (Å²) in [5, 5.41) is 0.783. The van der Waals surface area contributed by atoms with Crippen molar-refractivity contribution in [1.29, 1.82) is 0 Å². The molecule has 0 spiro atoms. The van der Waals surface area contributed by atoms with Crippen LogP contribution in [0.5, 0.6) is 0 Å². The van der Waals surface area contributed by atoms with Crippen LogP contribution in [0.4, 0.5) is 4.39 Å². The molecule has 0 aliphatic carbocycles. The van der Waals surface area contributed by atoms with Crippen LogP contribution in [0.2, 0.25) is 5.02 Å². The molecule has 3 rings (SSSR count). The first kappa shape index (κ1) is 28.2. The number of hydrogen-bond donors (Lipinski definition) is 2. The fourth-order valence-corrected chi connectivity index (χ4v) is 6.41. The Morgan fingerprint density at radius 1 is 1.17 bits per heavy atom. The minimum absolute atomic E-state index is 0.00593. The van der Waals surface area contributed by atoms with Crippen molar-refractivity contribution < 1.29 is 22.4 Å². The number of halogens is 2. The maximum atomic E-state index is 13.3. The Morgan fingerprint density at radius 2 is 1.89 bits per heavy atom. The van der Waals surface area contributed by atoms with Gasteiger partial charge in [-0.1, -0.05) is 43.6 Å². The lowest BCUT2D eigenvalue weighted by Crippen LogP contribution is -2.48. The molecule has 0 saturated heterocycles. The maximum absolute atomic E-state index is 13.3. The first-order valence-corrected chi connectivity index (χ1v) is 14.2. The number of hydrogen-bond acceptors (Lipinski definition) is 6. The Balaban J connectivity index is 1.69. The largest absolute Gasteiger partial charge is 0.320 e. The molecule has 0 bridgehead atoms. The van der Waals surface area contributed by atoms with Crippen LogP contribution in [0.15, 0.2) is 53.4 Å². The molecule has 0 radical (unpaired) electrons. The number of thiophene rings is 1. The van der Waals surface area contributed by atoms with Crippen molar-refractivity contribution in [3.05, 3.63) is 64.2 Å². The van der Waals surface area contributed by atoms with Crippen molar-refractivity contribution in [2.45, 2.75) is 44.0 Å². The second-order valence-corrected chi connectivity index (χ2v) is 12.2. The number of imide groups is 1. The number of nitrogens with zero attached hydrogens (tertiary/aromatic N) is 1. The number of nitrogens with one attached hydrogen (secondary N) is 1. The van der Waals surface area contributed by atoms with E-state index in [1.165, 1.54) is 11.3 Å². The van der Waals surface area contributed by atoms with Gasteiger partial charge in [0.05, 0.1) is 17.5 Å². The second kappa shape index (κ2) is 12.2. The molecule has 2 amide bonds. The average molecular weight is 554 g/mol. The number of nitrogens with two attached hydrogens (primary N) is 1. The standard InChI is InChI=1S/C25H29ClFN3O4S2/c1-16(2)12-21(28)25(32)30(24(31)15-19-13-17-6-3-4-7-22(17)35-19)11-5-10-29-36(33,34)23-9-8-18(27)14-20(23)26/h3-4,6-9,13-14,16,21,29H,5,10-12,15,28H2,1-2H3/t21-/m0/s1. The molecule has 0 aliphatic heterocycles. The summed E-state index contributed by atoms with van der Waals surface area (Å²) >= 11 is 7.36. The number of fused-ring (bicyclic) bond motifs is 1. The van der Waals surface area contributed by atoms with Crippen molar-refractivity contribution in [3.63, 3.8) is 0 Å². The Hall–Kier alpha value is -2.37. The van der Waals surface area contributed by atoms with E-state index in [9.17, 15) is 22.4 Å². The third-order valence-corrected chi connectivity index (χ3v) is 8.51. The zero-order valence-electron chi connectivity index (χ0n) is 20.0. The average Bonchev–Trinajstić information content (AvgIpc) is 3.20. The number of amides is 2. The zero-order valence-corrected chi connectivity index (χ0v) is 22.4. The van der Waals surface area contributed by atoms with Gasteiger partial charge < -0.3 is 5.73 Å². The molecular weight excluding hydrogens is 525 g/mol. The Morgan fingerprint density at radius 3 is 2.56 bits per heavy atom. The van der Waals surface area contributed by atoms with E-state index in [4.69, 9.17) is 17.3 Å². The van der Waals surface area contributed by atoms with Crippen molar-refractivity contribution in [2.24, 2.45) is 11.7 Å². The normalized spacial score (nSPS) is 12.7. The maximum Gasteiger partial charge on any atom is 0.246 e. The highest BCUT2D eigenvalue weighted by Gasteiger charge is 2.27. The molecule has 1 aromatic heterocycles. The first-order valence-electron chi connectivity index (χ1n) is 11.5. The van der Waals surface area contributed by atoms with Crippen molar-refractivity contribution in [2.75, 3.05) is 13.1 Å². The lowest BCUT2D eigenvalue weighted by molar-refractivity contribution is -0.145. The van der Waals surface area contributed by atoms with Crippen LogP contribution < -0.4 is 10.5 Å². The van der Waals surface area contributed by atoms with Crippen LogP contribution in [-0.2, 0) is 26.0 Å². The van der Waals surface area contributed by atoms with Crippen molar-refractivity contribution in [3.8, 4) is 0 Å². The molecular formula is C25H29ClFN3O4S2. The van der Waals surface area contributed by atoms with Gasteiger partial charge >= 0.3 is 0 Å². The van der Waals surface area contributed by atoms with Gasteiger partial charge in [-0.05, 0) is 54.5 Å². The Bertz CT molecular complexity index is 1310. The first-order chi connectivity index (χ1) is 17.0. The van der Waals surface area contributed by atoms with Gasteiger partial charge in [0.25, 0.3) is 0 Å². The van der Waals surface area contributed by atoms with Gasteiger partial charge in [-0.15, -0.1) is 11.3 Å². The molecule has 194 valence electrons. The summed E-state index contributed by atoms with van der Waals surface area (Å²) < 4.78 is 41.8. The summed E-state index contributed by atoms with van der Waals surface area (Å²) in [4.78, 5) is 27.9. The quantitative estimate of drug-likeness (QED) is 0.343. The monoisotopic (exact) mass is 553 g/mol. The smallest absolute Gasteiger partial charge is 0.246 e. The van der Waals surface area contributed by atoms with E-state index in [1.54, 1.807) is 0 Å². The predicted octanol–water partition coefficient (Wildman–Crippen LogP) is 4.33. The minimum Gasteiger partial charge on any atom is -0.320 e. The molecule has 0 aliphatic rings. The molecule has 36 heavy (non-hydrogen) atoms. The summed E-state index contributed by atoms with van der Waals surface area (Å²) in [7, 11) is -4.00. The molecule has 1 heterocycles. The number of sulfonamides is 1. The molecule has 7 nitrogen and oxygen atoms in total. The molecule has 0 saturated carbocycles. The van der Waals surface area contributed by atoms with Crippen LogP contribution >= 0.6 is 22.9 Å². The van der Waals surface area contributed by atoms with E-state index in [-0.39, 0.29) is 41.8 Å². The summed E-state index contributed by atoms with van der Waals surface area (Å²) in [6.45, 7) is 3.81. The van der Waals surface area contributed by atoms with Gasteiger partial charge in [0.1, 0.15) is 10.7 Å². The van der Waals surface area contributed by atoms with Crippen LogP contribution in [-0.4, -0.2) is 44.3 Å². The van der Waals surface area contributed by atoms with E-state index in [0.29, 0.717) is 6.42 Å². The van der Waals surface area contributed by atoms with Crippen molar-refractivity contribution >= 4 is 54.9 Å². The van der Waals surface area contributed by atoms with Gasteiger partial charge in [0, 0.05) is 22.7 Å². The summed E-state index contributed by atoms with van der Waals surface area (Å²) in [6, 6.07) is 11.8. The van der Waals surface area contributed by atoms with E-state index in [1.807, 2.05) is 44.2 Å². The third kappa shape index (κ3) is 7.33. The SMILES string of the molecule is CC(C)C[C@H](N)C(=O)N(CCCNS(=O)(=O)c1ccc(F)cc1Cl)C(=O)Cc1cc2ccccc2s1. The molecule has 2 aromatic carbocycles. The topological polar surface area (TPSA) is 110 Å². The Kier molecular flexibility index (Phi) is 9.59. The second-order valence-electron chi connectivity index (χ2n) is 8.87. The minimum atomic E-state index is -4.00. The van der Waals surface area contributed by atoms with E-state index in [0.717, 1.165) is 38.1 Å². The van der Waals surface area contributed by atoms with Crippen LogP contribution in [0.25, 0.3) is 10.1 Å². The molecule has 11 heteroatoms. The fraction of sp³-hybridized carbons (Fsp3) is 0.360. The van der Waals surface area contributed by atoms with Crippen LogP contribution in [0, 0.1) is 11.7 Å². The number of carbonyl (C=O) groups is 2.